The average molecular weight is 253 g/mol. The maximum absolute atomic E-state index is 5.41. The van der Waals surface area contributed by atoms with E-state index in [1.165, 1.54) is 11.1 Å². The standard InChI is InChI=1S/C17H19NO/c1-4-19-16-9-7-15(8-10-16)12-18-17-11-13(2)5-6-14(17)3/h5-12H,4H2,1-3H3. The molecule has 0 amide bonds. The first-order chi connectivity index (χ1) is 9.19. The lowest BCUT2D eigenvalue weighted by molar-refractivity contribution is 0.340. The van der Waals surface area contributed by atoms with Crippen LogP contribution in [0.25, 0.3) is 0 Å². The summed E-state index contributed by atoms with van der Waals surface area (Å²) in [4.78, 5) is 4.55. The van der Waals surface area contributed by atoms with Gasteiger partial charge < -0.3 is 4.74 Å². The normalized spacial score (nSPS) is 10.9. The molecule has 19 heavy (non-hydrogen) atoms. The Kier molecular flexibility index (Phi) is 4.35. The van der Waals surface area contributed by atoms with Crippen LogP contribution in [0.3, 0.4) is 0 Å². The van der Waals surface area contributed by atoms with Gasteiger partial charge in [-0.2, -0.15) is 0 Å². The molecule has 2 rings (SSSR count). The molecule has 0 heterocycles. The smallest absolute Gasteiger partial charge is 0.119 e. The highest BCUT2D eigenvalue weighted by atomic mass is 16.5. The molecule has 0 saturated carbocycles. The molecular formula is C17H19NO. The first-order valence-electron chi connectivity index (χ1n) is 6.53. The Morgan fingerprint density at radius 3 is 2.47 bits per heavy atom. The summed E-state index contributed by atoms with van der Waals surface area (Å²) in [5, 5.41) is 0. The van der Waals surface area contributed by atoms with E-state index in [1.807, 2.05) is 37.4 Å². The lowest BCUT2D eigenvalue weighted by atomic mass is 10.1. The molecule has 0 radical (unpaired) electrons. The van der Waals surface area contributed by atoms with Crippen LogP contribution in [0.2, 0.25) is 0 Å². The van der Waals surface area contributed by atoms with E-state index in [2.05, 4.69) is 37.0 Å². The zero-order chi connectivity index (χ0) is 13.7. The lowest BCUT2D eigenvalue weighted by Gasteiger charge is -2.03. The summed E-state index contributed by atoms with van der Waals surface area (Å²) in [5.41, 5.74) is 4.51. The third kappa shape index (κ3) is 3.68. The topological polar surface area (TPSA) is 21.6 Å². The van der Waals surface area contributed by atoms with Gasteiger partial charge in [0.25, 0.3) is 0 Å². The number of ether oxygens (including phenoxy) is 1. The molecule has 0 atom stereocenters. The van der Waals surface area contributed by atoms with Crippen molar-refractivity contribution < 1.29 is 4.74 Å². The largest absolute Gasteiger partial charge is 0.494 e. The predicted molar refractivity (Wildman–Crippen MR) is 80.8 cm³/mol. The van der Waals surface area contributed by atoms with Crippen molar-refractivity contribution in [1.82, 2.24) is 0 Å². The van der Waals surface area contributed by atoms with Gasteiger partial charge in [0.2, 0.25) is 0 Å². The minimum atomic E-state index is 0.690. The second-order valence-electron chi connectivity index (χ2n) is 4.55. The summed E-state index contributed by atoms with van der Waals surface area (Å²) >= 11 is 0. The molecular weight excluding hydrogens is 234 g/mol. The van der Waals surface area contributed by atoms with E-state index in [1.54, 1.807) is 0 Å². The molecule has 0 aliphatic heterocycles. The van der Waals surface area contributed by atoms with Crippen molar-refractivity contribution in [2.75, 3.05) is 6.61 Å². The first kappa shape index (κ1) is 13.3. The van der Waals surface area contributed by atoms with Crippen LogP contribution in [0.1, 0.15) is 23.6 Å². The van der Waals surface area contributed by atoms with Crippen LogP contribution in [0.4, 0.5) is 5.69 Å². The van der Waals surface area contributed by atoms with Gasteiger partial charge in [0.15, 0.2) is 0 Å². The summed E-state index contributed by atoms with van der Waals surface area (Å²) in [6, 6.07) is 14.3. The van der Waals surface area contributed by atoms with Gasteiger partial charge in [-0.15, -0.1) is 0 Å². The van der Waals surface area contributed by atoms with Crippen molar-refractivity contribution in [1.29, 1.82) is 0 Å². The Labute approximate surface area is 114 Å². The van der Waals surface area contributed by atoms with Gasteiger partial charge in [0.05, 0.1) is 12.3 Å². The highest BCUT2D eigenvalue weighted by Crippen LogP contribution is 2.20. The molecule has 2 nitrogen and oxygen atoms in total. The fourth-order valence-electron chi connectivity index (χ4n) is 1.82. The van der Waals surface area contributed by atoms with Crippen molar-refractivity contribution >= 4 is 11.9 Å². The van der Waals surface area contributed by atoms with Gasteiger partial charge in [-0.1, -0.05) is 12.1 Å². The molecule has 0 aromatic heterocycles. The average Bonchev–Trinajstić information content (AvgIpc) is 2.42. The van der Waals surface area contributed by atoms with Crippen LogP contribution in [0, 0.1) is 13.8 Å². The Hall–Kier alpha value is -2.09. The van der Waals surface area contributed by atoms with E-state index < -0.39 is 0 Å². The van der Waals surface area contributed by atoms with Crippen molar-refractivity contribution in [3.05, 3.63) is 59.2 Å². The molecule has 2 aromatic rings. The van der Waals surface area contributed by atoms with Crippen molar-refractivity contribution in [2.24, 2.45) is 4.99 Å². The van der Waals surface area contributed by atoms with Crippen molar-refractivity contribution in [2.45, 2.75) is 20.8 Å². The molecule has 0 aliphatic rings. The molecule has 0 bridgehead atoms. The van der Waals surface area contributed by atoms with E-state index in [9.17, 15) is 0 Å². The molecule has 0 aliphatic carbocycles. The van der Waals surface area contributed by atoms with Gasteiger partial charge in [-0.3, -0.25) is 4.99 Å². The third-order valence-corrected chi connectivity index (χ3v) is 2.91. The Morgan fingerprint density at radius 2 is 1.79 bits per heavy atom. The molecule has 0 fully saturated rings. The van der Waals surface area contributed by atoms with Crippen molar-refractivity contribution in [3.63, 3.8) is 0 Å². The van der Waals surface area contributed by atoms with E-state index in [-0.39, 0.29) is 0 Å². The number of hydrogen-bond donors (Lipinski definition) is 0. The zero-order valence-corrected chi connectivity index (χ0v) is 11.7. The third-order valence-electron chi connectivity index (χ3n) is 2.91. The molecule has 98 valence electrons. The molecule has 2 aromatic carbocycles. The summed E-state index contributed by atoms with van der Waals surface area (Å²) in [5.74, 6) is 0.895. The second kappa shape index (κ2) is 6.19. The number of benzene rings is 2. The number of nitrogens with zero attached hydrogens (tertiary/aromatic N) is 1. The first-order valence-corrected chi connectivity index (χ1v) is 6.53. The zero-order valence-electron chi connectivity index (χ0n) is 11.7. The second-order valence-corrected chi connectivity index (χ2v) is 4.55. The van der Waals surface area contributed by atoms with E-state index >= 15 is 0 Å². The van der Waals surface area contributed by atoms with Crippen LogP contribution in [0.15, 0.2) is 47.5 Å². The summed E-state index contributed by atoms with van der Waals surface area (Å²) in [6.45, 7) is 6.82. The fourth-order valence-corrected chi connectivity index (χ4v) is 1.82. The van der Waals surface area contributed by atoms with Gasteiger partial charge in [0.1, 0.15) is 5.75 Å². The summed E-state index contributed by atoms with van der Waals surface area (Å²) in [7, 11) is 0. The number of aryl methyl sites for hydroxylation is 2. The highest BCUT2D eigenvalue weighted by Gasteiger charge is 1.96. The Morgan fingerprint density at radius 1 is 1.05 bits per heavy atom. The van der Waals surface area contributed by atoms with E-state index in [0.717, 1.165) is 17.0 Å². The van der Waals surface area contributed by atoms with Crippen LogP contribution < -0.4 is 4.74 Å². The molecule has 0 unspecified atom stereocenters. The van der Waals surface area contributed by atoms with Crippen LogP contribution in [-0.4, -0.2) is 12.8 Å². The lowest BCUT2D eigenvalue weighted by Crippen LogP contribution is -1.91. The molecule has 0 N–H and O–H groups in total. The summed E-state index contributed by atoms with van der Waals surface area (Å²) < 4.78 is 5.41. The maximum atomic E-state index is 5.41. The SMILES string of the molecule is CCOc1ccc(C=Nc2cc(C)ccc2C)cc1. The molecule has 0 saturated heterocycles. The summed E-state index contributed by atoms with van der Waals surface area (Å²) in [6.07, 6.45) is 1.89. The molecule has 2 heteroatoms. The molecule has 0 spiro atoms. The quantitative estimate of drug-likeness (QED) is 0.737. The van der Waals surface area contributed by atoms with Crippen LogP contribution in [0.5, 0.6) is 5.75 Å². The Balaban J connectivity index is 2.15. The highest BCUT2D eigenvalue weighted by molar-refractivity contribution is 5.82. The Bertz CT molecular complexity index is 570. The van der Waals surface area contributed by atoms with E-state index in [4.69, 9.17) is 4.74 Å². The monoisotopic (exact) mass is 253 g/mol. The van der Waals surface area contributed by atoms with Crippen molar-refractivity contribution in [3.8, 4) is 5.75 Å². The van der Waals surface area contributed by atoms with Gasteiger partial charge in [-0.05, 0) is 67.8 Å². The number of hydrogen-bond acceptors (Lipinski definition) is 2. The minimum absolute atomic E-state index is 0.690. The van der Waals surface area contributed by atoms with Crippen LogP contribution >= 0.6 is 0 Å². The van der Waals surface area contributed by atoms with Crippen LogP contribution in [-0.2, 0) is 0 Å². The van der Waals surface area contributed by atoms with Gasteiger partial charge in [-0.25, -0.2) is 0 Å². The minimum Gasteiger partial charge on any atom is -0.494 e. The maximum Gasteiger partial charge on any atom is 0.119 e. The van der Waals surface area contributed by atoms with Gasteiger partial charge in [0, 0.05) is 6.21 Å². The van der Waals surface area contributed by atoms with Gasteiger partial charge >= 0.3 is 0 Å². The fraction of sp³-hybridized carbons (Fsp3) is 0.235. The van der Waals surface area contributed by atoms with E-state index in [0.29, 0.717) is 6.61 Å². The number of aliphatic imine (C=N–C) groups is 1. The number of rotatable bonds is 4. The predicted octanol–water partition coefficient (Wildman–Crippen LogP) is 4.45.